The highest BCUT2D eigenvalue weighted by Crippen LogP contribution is 2.40. The van der Waals surface area contributed by atoms with Crippen molar-refractivity contribution in [3.8, 4) is 17.2 Å². The molecule has 8 heteroatoms. The van der Waals surface area contributed by atoms with Gasteiger partial charge < -0.3 is 19.2 Å². The minimum atomic E-state index is -4.98. The molecule has 0 radical (unpaired) electrons. The molecular formula is C27H25F3NO4+. The quantitative estimate of drug-likeness (QED) is 0.414. The molecule has 182 valence electrons. The number of nitrogens with one attached hydrogen (secondary N) is 1. The smallest absolute Gasteiger partial charge is 0.453 e. The summed E-state index contributed by atoms with van der Waals surface area (Å²) in [6.45, 7) is 4.05. The van der Waals surface area contributed by atoms with Crippen LogP contribution < -0.4 is 15.1 Å². The third kappa shape index (κ3) is 4.58. The van der Waals surface area contributed by atoms with Gasteiger partial charge in [0.25, 0.3) is 5.76 Å². The van der Waals surface area contributed by atoms with Crippen molar-refractivity contribution in [2.24, 2.45) is 5.92 Å². The first kappa shape index (κ1) is 23.2. The van der Waals surface area contributed by atoms with Crippen LogP contribution in [0.3, 0.4) is 0 Å². The van der Waals surface area contributed by atoms with E-state index in [2.05, 4.69) is 6.92 Å². The fourth-order valence-corrected chi connectivity index (χ4v) is 4.89. The summed E-state index contributed by atoms with van der Waals surface area (Å²) >= 11 is 0. The number of likely N-dealkylation sites (tertiary alicyclic amines) is 1. The van der Waals surface area contributed by atoms with Gasteiger partial charge in [-0.25, -0.2) is 0 Å². The number of quaternary nitrogens is 1. The van der Waals surface area contributed by atoms with Crippen LogP contribution in [0.5, 0.6) is 17.2 Å². The maximum Gasteiger partial charge on any atom is 0.453 e. The molecule has 4 aromatic rings. The molecule has 35 heavy (non-hydrogen) atoms. The topological polar surface area (TPSA) is 64.1 Å². The molecule has 2 heterocycles. The van der Waals surface area contributed by atoms with Crippen LogP contribution in [0.4, 0.5) is 13.2 Å². The highest BCUT2D eigenvalue weighted by molar-refractivity contribution is 5.85. The largest absolute Gasteiger partial charge is 0.507 e. The number of phenolic OH excluding ortho intramolecular Hbond substituents is 1. The van der Waals surface area contributed by atoms with E-state index in [0.717, 1.165) is 41.6 Å². The summed E-state index contributed by atoms with van der Waals surface area (Å²) in [6.07, 6.45) is -2.90. The molecule has 0 spiro atoms. The van der Waals surface area contributed by atoms with Crippen LogP contribution in [0.1, 0.15) is 31.1 Å². The lowest BCUT2D eigenvalue weighted by atomic mass is 9.99. The molecule has 5 rings (SSSR count). The minimum absolute atomic E-state index is 0.0638. The van der Waals surface area contributed by atoms with Gasteiger partial charge in [0.15, 0.2) is 5.58 Å². The highest BCUT2D eigenvalue weighted by atomic mass is 19.4. The average Bonchev–Trinajstić information content (AvgIpc) is 2.81. The Morgan fingerprint density at radius 2 is 1.89 bits per heavy atom. The monoisotopic (exact) mass is 484 g/mol. The third-order valence-electron chi connectivity index (χ3n) is 6.59. The van der Waals surface area contributed by atoms with Crippen molar-refractivity contribution in [1.82, 2.24) is 0 Å². The number of rotatable bonds is 4. The SMILES string of the molecule is C[C@H]1CCC[NH+](Cc2c(O)ccc3c(=O)c(Oc4ccc5ccccc5c4)c(C(F)(F)F)oc23)C1. The first-order valence-corrected chi connectivity index (χ1v) is 11.6. The highest BCUT2D eigenvalue weighted by Gasteiger charge is 2.41. The Hall–Kier alpha value is -3.52. The van der Waals surface area contributed by atoms with E-state index in [0.29, 0.717) is 5.92 Å². The number of fused-ring (bicyclic) bond motifs is 2. The number of halogens is 3. The van der Waals surface area contributed by atoms with Crippen LogP contribution in [-0.2, 0) is 12.7 Å². The van der Waals surface area contributed by atoms with E-state index in [1.54, 1.807) is 24.3 Å². The molecule has 0 aliphatic carbocycles. The molecule has 2 N–H and O–H groups in total. The Morgan fingerprint density at radius 1 is 1.11 bits per heavy atom. The number of ether oxygens (including phenoxy) is 1. The van der Waals surface area contributed by atoms with Gasteiger partial charge in [-0.05, 0) is 47.9 Å². The van der Waals surface area contributed by atoms with Crippen molar-refractivity contribution in [3.63, 3.8) is 0 Å². The molecule has 1 aliphatic rings. The molecule has 1 unspecified atom stereocenters. The number of hydrogen-bond acceptors (Lipinski definition) is 4. The van der Waals surface area contributed by atoms with Crippen molar-refractivity contribution < 1.29 is 32.3 Å². The molecule has 0 bridgehead atoms. The predicted molar refractivity (Wildman–Crippen MR) is 126 cm³/mol. The Balaban J connectivity index is 1.63. The van der Waals surface area contributed by atoms with Crippen molar-refractivity contribution in [2.75, 3.05) is 13.1 Å². The van der Waals surface area contributed by atoms with Crippen LogP contribution in [-0.4, -0.2) is 18.2 Å². The average molecular weight is 484 g/mol. The lowest BCUT2D eigenvalue weighted by molar-refractivity contribution is -0.922. The Bertz CT molecular complexity index is 1460. The lowest BCUT2D eigenvalue weighted by Crippen LogP contribution is -3.12. The van der Waals surface area contributed by atoms with Crippen LogP contribution in [0, 0.1) is 5.92 Å². The van der Waals surface area contributed by atoms with Crippen molar-refractivity contribution in [3.05, 3.63) is 76.1 Å². The van der Waals surface area contributed by atoms with Crippen LogP contribution in [0.2, 0.25) is 0 Å². The first-order chi connectivity index (χ1) is 16.7. The van der Waals surface area contributed by atoms with Gasteiger partial charge in [0.2, 0.25) is 11.2 Å². The van der Waals surface area contributed by atoms with Crippen LogP contribution in [0.15, 0.2) is 63.8 Å². The van der Waals surface area contributed by atoms with Gasteiger partial charge in [-0.1, -0.05) is 37.3 Å². The maximum atomic E-state index is 14.1. The minimum Gasteiger partial charge on any atom is -0.507 e. The Labute approximate surface area is 199 Å². The molecule has 1 fully saturated rings. The third-order valence-corrected chi connectivity index (χ3v) is 6.59. The van der Waals surface area contributed by atoms with Crippen LogP contribution >= 0.6 is 0 Å². The summed E-state index contributed by atoms with van der Waals surface area (Å²) in [7, 11) is 0. The first-order valence-electron chi connectivity index (χ1n) is 11.6. The van der Waals surface area contributed by atoms with Gasteiger partial charge in [-0.2, -0.15) is 13.2 Å². The number of benzene rings is 3. The van der Waals surface area contributed by atoms with E-state index in [1.165, 1.54) is 18.2 Å². The number of piperidine rings is 1. The molecule has 0 amide bonds. The van der Waals surface area contributed by atoms with E-state index in [1.807, 2.05) is 12.1 Å². The lowest BCUT2D eigenvalue weighted by Gasteiger charge is -2.28. The Morgan fingerprint density at radius 3 is 2.63 bits per heavy atom. The zero-order valence-electron chi connectivity index (χ0n) is 19.1. The van der Waals surface area contributed by atoms with Crippen molar-refractivity contribution in [1.29, 1.82) is 0 Å². The van der Waals surface area contributed by atoms with Gasteiger partial charge in [-0.15, -0.1) is 0 Å². The number of aromatic hydroxyl groups is 1. The van der Waals surface area contributed by atoms with Gasteiger partial charge in [0, 0.05) is 5.92 Å². The fraction of sp³-hybridized carbons (Fsp3) is 0.296. The summed E-state index contributed by atoms with van der Waals surface area (Å²) in [5, 5.41) is 12.1. The molecule has 2 atom stereocenters. The van der Waals surface area contributed by atoms with Gasteiger partial charge in [0.05, 0.1) is 24.0 Å². The summed E-state index contributed by atoms with van der Waals surface area (Å²) in [5.74, 6) is -2.07. The summed E-state index contributed by atoms with van der Waals surface area (Å²) in [6, 6.07) is 14.7. The van der Waals surface area contributed by atoms with Crippen molar-refractivity contribution >= 4 is 21.7 Å². The summed E-state index contributed by atoms with van der Waals surface area (Å²) in [4.78, 5) is 14.4. The molecule has 5 nitrogen and oxygen atoms in total. The Kier molecular flexibility index (Phi) is 5.92. The summed E-state index contributed by atoms with van der Waals surface area (Å²) in [5.41, 5.74) is -0.986. The van der Waals surface area contributed by atoms with E-state index in [4.69, 9.17) is 9.15 Å². The van der Waals surface area contributed by atoms with E-state index in [-0.39, 0.29) is 34.6 Å². The van der Waals surface area contributed by atoms with Gasteiger partial charge in [-0.3, -0.25) is 4.79 Å². The number of hydrogen-bond donors (Lipinski definition) is 2. The fourth-order valence-electron chi connectivity index (χ4n) is 4.89. The maximum absolute atomic E-state index is 14.1. The molecule has 1 aliphatic heterocycles. The van der Waals surface area contributed by atoms with E-state index >= 15 is 0 Å². The standard InChI is InChI=1S/C27H24F3NO4/c1-16-5-4-12-31(14-16)15-21-22(32)11-10-20-23(33)25(26(27(28,29)30)35-24(20)21)34-19-9-8-17-6-2-3-7-18(17)13-19/h2-3,6-11,13,16,32H,4-5,12,14-15H2,1H3/p+1/t16-/m0/s1. The second-order valence-corrected chi connectivity index (χ2v) is 9.27. The zero-order valence-corrected chi connectivity index (χ0v) is 19.1. The number of alkyl halides is 3. The van der Waals surface area contributed by atoms with E-state index < -0.39 is 23.1 Å². The van der Waals surface area contributed by atoms with Gasteiger partial charge >= 0.3 is 6.18 Å². The molecule has 0 saturated carbocycles. The second-order valence-electron chi connectivity index (χ2n) is 9.27. The van der Waals surface area contributed by atoms with Gasteiger partial charge in [0.1, 0.15) is 18.0 Å². The van der Waals surface area contributed by atoms with Crippen LogP contribution in [0.25, 0.3) is 21.7 Å². The summed E-state index contributed by atoms with van der Waals surface area (Å²) < 4.78 is 53.1. The normalized spacial score (nSPS) is 18.7. The molecule has 1 saturated heterocycles. The predicted octanol–water partition coefficient (Wildman–Crippen LogP) is 5.28. The number of phenols is 1. The molecule has 3 aromatic carbocycles. The van der Waals surface area contributed by atoms with E-state index in [9.17, 15) is 23.1 Å². The molecular weight excluding hydrogens is 459 g/mol. The molecule has 1 aromatic heterocycles. The zero-order chi connectivity index (χ0) is 24.7. The second kappa shape index (κ2) is 8.92. The van der Waals surface area contributed by atoms with Crippen molar-refractivity contribution in [2.45, 2.75) is 32.5 Å².